The second kappa shape index (κ2) is 10.2. The van der Waals surface area contributed by atoms with Crippen molar-refractivity contribution >= 4 is 28.1 Å². The van der Waals surface area contributed by atoms with Gasteiger partial charge in [-0.05, 0) is 12.6 Å². The molecule has 0 spiro atoms. The number of hydrogen-bond acceptors (Lipinski definition) is 6. The molecule has 1 aromatic carbocycles. The molecule has 1 aliphatic heterocycles. The lowest BCUT2D eigenvalue weighted by atomic mass is 10.1. The molecule has 4 rings (SSSR count). The molecule has 0 bridgehead atoms. The standard InChI is InChI=1S/C24H30ClN7O/c1-2-30-11-13-31(14-12-30)15-16-32-24(27)20(23(29-32)17-7-4-3-5-8-17)21(25)22(26)18-9-6-10-19(33)28-18/h3-10H,2,11-16,26-27H2,1H3,(H,28,33)/b22-21+. The molecule has 8 nitrogen and oxygen atoms in total. The smallest absolute Gasteiger partial charge is 0.248 e. The Kier molecular flexibility index (Phi) is 7.17. The van der Waals surface area contributed by atoms with Crippen LogP contribution in [0.4, 0.5) is 5.82 Å². The van der Waals surface area contributed by atoms with Crippen molar-refractivity contribution in [3.8, 4) is 11.3 Å². The van der Waals surface area contributed by atoms with Gasteiger partial charge in [-0.15, -0.1) is 0 Å². The van der Waals surface area contributed by atoms with Gasteiger partial charge in [0.2, 0.25) is 5.56 Å². The van der Waals surface area contributed by atoms with E-state index < -0.39 is 0 Å². The van der Waals surface area contributed by atoms with E-state index in [4.69, 9.17) is 28.2 Å². The molecule has 5 N–H and O–H groups in total. The number of nitrogens with two attached hydrogens (primary N) is 2. The Morgan fingerprint density at radius 3 is 2.39 bits per heavy atom. The van der Waals surface area contributed by atoms with Crippen LogP contribution in [0.1, 0.15) is 18.2 Å². The van der Waals surface area contributed by atoms with Gasteiger partial charge in [-0.1, -0.05) is 54.9 Å². The Labute approximate surface area is 198 Å². The van der Waals surface area contributed by atoms with E-state index in [9.17, 15) is 4.79 Å². The molecule has 0 radical (unpaired) electrons. The molecule has 33 heavy (non-hydrogen) atoms. The zero-order valence-electron chi connectivity index (χ0n) is 18.8. The lowest BCUT2D eigenvalue weighted by Crippen LogP contribution is -2.47. The lowest BCUT2D eigenvalue weighted by molar-refractivity contribution is 0.133. The number of halogens is 1. The van der Waals surface area contributed by atoms with Crippen LogP contribution in [0.5, 0.6) is 0 Å². The van der Waals surface area contributed by atoms with Crippen molar-refractivity contribution < 1.29 is 0 Å². The van der Waals surface area contributed by atoms with Crippen LogP contribution in [-0.4, -0.2) is 63.8 Å². The molecule has 0 unspecified atom stereocenters. The van der Waals surface area contributed by atoms with E-state index in [1.807, 2.05) is 30.3 Å². The number of piperazine rings is 1. The first kappa shape index (κ1) is 23.1. The average molecular weight is 468 g/mol. The summed E-state index contributed by atoms with van der Waals surface area (Å²) >= 11 is 6.78. The first-order chi connectivity index (χ1) is 16.0. The summed E-state index contributed by atoms with van der Waals surface area (Å²) in [6, 6.07) is 14.5. The minimum atomic E-state index is -0.255. The first-order valence-electron chi connectivity index (χ1n) is 11.2. The molecule has 1 fully saturated rings. The fraction of sp³-hybridized carbons (Fsp3) is 0.333. The van der Waals surface area contributed by atoms with Crippen LogP contribution in [0.15, 0.2) is 53.3 Å². The number of hydrogen-bond donors (Lipinski definition) is 3. The lowest BCUT2D eigenvalue weighted by Gasteiger charge is -2.33. The van der Waals surface area contributed by atoms with Crippen LogP contribution in [0.3, 0.4) is 0 Å². The number of rotatable bonds is 7. The zero-order chi connectivity index (χ0) is 23.4. The maximum absolute atomic E-state index is 11.8. The summed E-state index contributed by atoms with van der Waals surface area (Å²) in [7, 11) is 0. The van der Waals surface area contributed by atoms with E-state index in [0.29, 0.717) is 29.3 Å². The molecule has 9 heteroatoms. The van der Waals surface area contributed by atoms with Gasteiger partial charge in [0.25, 0.3) is 0 Å². The SMILES string of the molecule is CCN1CCN(CCn2nc(-c3ccccc3)c(/C(Cl)=C(\N)c3cccc(=O)[nH]3)c2N)CC1. The van der Waals surface area contributed by atoms with Crippen LogP contribution in [0.25, 0.3) is 22.0 Å². The van der Waals surface area contributed by atoms with Crippen molar-refractivity contribution in [3.63, 3.8) is 0 Å². The minimum absolute atomic E-state index is 0.244. The molecule has 1 saturated heterocycles. The molecule has 0 saturated carbocycles. The highest BCUT2D eigenvalue weighted by molar-refractivity contribution is 6.53. The molecule has 3 aromatic rings. The highest BCUT2D eigenvalue weighted by Crippen LogP contribution is 2.37. The van der Waals surface area contributed by atoms with Crippen LogP contribution >= 0.6 is 11.6 Å². The highest BCUT2D eigenvalue weighted by Gasteiger charge is 2.23. The van der Waals surface area contributed by atoms with E-state index in [0.717, 1.165) is 44.8 Å². The summed E-state index contributed by atoms with van der Waals surface area (Å²) in [5, 5.41) is 5.08. The predicted octanol–water partition coefficient (Wildman–Crippen LogP) is 2.48. The Morgan fingerprint density at radius 2 is 1.73 bits per heavy atom. The van der Waals surface area contributed by atoms with E-state index in [1.165, 1.54) is 6.07 Å². The fourth-order valence-corrected chi connectivity index (χ4v) is 4.37. The number of aromatic nitrogens is 3. The number of anilines is 1. The Bertz CT molecular complexity index is 1180. The number of aromatic amines is 1. The monoisotopic (exact) mass is 467 g/mol. The van der Waals surface area contributed by atoms with Crippen molar-refractivity contribution in [2.24, 2.45) is 5.73 Å². The quantitative estimate of drug-likeness (QED) is 0.492. The van der Waals surface area contributed by atoms with Crippen molar-refractivity contribution in [2.45, 2.75) is 13.5 Å². The molecule has 0 amide bonds. The number of nitrogens with zero attached hydrogens (tertiary/aromatic N) is 4. The van der Waals surface area contributed by atoms with E-state index >= 15 is 0 Å². The van der Waals surface area contributed by atoms with Crippen molar-refractivity contribution in [3.05, 3.63) is 70.1 Å². The number of pyridine rings is 1. The molecule has 1 aliphatic rings. The Balaban J connectivity index is 1.68. The molecular formula is C24H30ClN7O. The Hall–Kier alpha value is -3.07. The first-order valence-corrected chi connectivity index (χ1v) is 11.6. The summed E-state index contributed by atoms with van der Waals surface area (Å²) in [6.07, 6.45) is 0. The maximum Gasteiger partial charge on any atom is 0.248 e. The van der Waals surface area contributed by atoms with Gasteiger partial charge in [-0.25, -0.2) is 4.68 Å². The Morgan fingerprint density at radius 1 is 1.03 bits per heavy atom. The van der Waals surface area contributed by atoms with Crippen LogP contribution in [0, 0.1) is 0 Å². The maximum atomic E-state index is 11.8. The number of benzene rings is 1. The second-order valence-corrected chi connectivity index (χ2v) is 8.51. The van der Waals surface area contributed by atoms with E-state index in [2.05, 4.69) is 21.7 Å². The van der Waals surface area contributed by atoms with Gasteiger partial charge in [0, 0.05) is 44.4 Å². The number of likely N-dealkylation sites (N-methyl/N-ethyl adjacent to an activating group) is 1. The molecule has 0 aliphatic carbocycles. The topological polar surface area (TPSA) is 109 Å². The minimum Gasteiger partial charge on any atom is -0.396 e. The summed E-state index contributed by atoms with van der Waals surface area (Å²) in [5.41, 5.74) is 15.5. The number of nitrogen functional groups attached to an aromatic ring is 1. The predicted molar refractivity (Wildman–Crippen MR) is 135 cm³/mol. The van der Waals surface area contributed by atoms with Crippen LogP contribution < -0.4 is 17.0 Å². The van der Waals surface area contributed by atoms with Gasteiger partial charge in [-0.2, -0.15) is 5.10 Å². The second-order valence-electron chi connectivity index (χ2n) is 8.13. The van der Waals surface area contributed by atoms with Gasteiger partial charge < -0.3 is 21.4 Å². The van der Waals surface area contributed by atoms with Gasteiger partial charge in [0.15, 0.2) is 0 Å². The number of H-pyrrole nitrogens is 1. The largest absolute Gasteiger partial charge is 0.396 e. The third-order valence-corrected chi connectivity index (χ3v) is 6.49. The summed E-state index contributed by atoms with van der Waals surface area (Å²) in [5.74, 6) is 0.451. The third-order valence-electron chi connectivity index (χ3n) is 6.09. The number of nitrogens with one attached hydrogen (secondary N) is 1. The van der Waals surface area contributed by atoms with Gasteiger partial charge in [0.1, 0.15) is 11.5 Å². The summed E-state index contributed by atoms with van der Waals surface area (Å²) < 4.78 is 1.80. The summed E-state index contributed by atoms with van der Waals surface area (Å²) in [4.78, 5) is 19.4. The van der Waals surface area contributed by atoms with E-state index in [1.54, 1.807) is 16.8 Å². The third kappa shape index (κ3) is 5.13. The summed E-state index contributed by atoms with van der Waals surface area (Å²) in [6.45, 7) is 8.98. The molecule has 174 valence electrons. The highest BCUT2D eigenvalue weighted by atomic mass is 35.5. The van der Waals surface area contributed by atoms with Crippen LogP contribution in [0.2, 0.25) is 0 Å². The zero-order valence-corrected chi connectivity index (χ0v) is 19.6. The molecule has 0 atom stereocenters. The van der Waals surface area contributed by atoms with Gasteiger partial charge >= 0.3 is 0 Å². The van der Waals surface area contributed by atoms with Crippen molar-refractivity contribution in [2.75, 3.05) is 45.0 Å². The molecule has 2 aromatic heterocycles. The fourth-order valence-electron chi connectivity index (χ4n) is 4.08. The van der Waals surface area contributed by atoms with Gasteiger partial charge in [0.05, 0.1) is 28.5 Å². The molecular weight excluding hydrogens is 438 g/mol. The van der Waals surface area contributed by atoms with Crippen molar-refractivity contribution in [1.29, 1.82) is 0 Å². The molecule has 3 heterocycles. The normalized spacial score (nSPS) is 16.1. The van der Waals surface area contributed by atoms with E-state index in [-0.39, 0.29) is 16.3 Å². The van der Waals surface area contributed by atoms with Gasteiger partial charge in [-0.3, -0.25) is 9.69 Å². The van der Waals surface area contributed by atoms with Crippen LogP contribution in [-0.2, 0) is 6.54 Å². The average Bonchev–Trinajstić information content (AvgIpc) is 3.18. The van der Waals surface area contributed by atoms with Crippen molar-refractivity contribution in [1.82, 2.24) is 24.6 Å².